The summed E-state index contributed by atoms with van der Waals surface area (Å²) >= 11 is 0. The van der Waals surface area contributed by atoms with Crippen LogP contribution in [0.3, 0.4) is 0 Å². The fourth-order valence-electron chi connectivity index (χ4n) is 4.47. The third-order valence-electron chi connectivity index (χ3n) is 6.14. The summed E-state index contributed by atoms with van der Waals surface area (Å²) in [5, 5.41) is 8.84. The van der Waals surface area contributed by atoms with Gasteiger partial charge in [0.25, 0.3) is 0 Å². The van der Waals surface area contributed by atoms with Gasteiger partial charge in [0.15, 0.2) is 0 Å². The maximum Gasteiger partial charge on any atom is 0 e. The van der Waals surface area contributed by atoms with Crippen molar-refractivity contribution in [3.05, 3.63) is 168 Å². The van der Waals surface area contributed by atoms with E-state index < -0.39 is 0 Å². The Kier molecular flexibility index (Phi) is 10.6. The van der Waals surface area contributed by atoms with Gasteiger partial charge in [0.1, 0.15) is 0 Å². The van der Waals surface area contributed by atoms with Crippen LogP contribution in [-0.2, 0) is 20.4 Å². The number of allylic oxidation sites excluding steroid dienone is 8. The quantitative estimate of drug-likeness (QED) is 0.155. The first kappa shape index (κ1) is 27.4. The van der Waals surface area contributed by atoms with Gasteiger partial charge in [-0.3, -0.25) is 0 Å². The van der Waals surface area contributed by atoms with Crippen LogP contribution in [0.25, 0.3) is 0 Å². The van der Waals surface area contributed by atoms with Crippen LogP contribution in [0.5, 0.6) is 0 Å². The molecule has 6 rings (SSSR count). The van der Waals surface area contributed by atoms with Gasteiger partial charge < -0.3 is 0 Å². The van der Waals surface area contributed by atoms with Gasteiger partial charge in [-0.2, -0.15) is 0 Å². The molecular formula is C34H30P2Pd. The van der Waals surface area contributed by atoms with Crippen LogP contribution >= 0.6 is 15.8 Å². The van der Waals surface area contributed by atoms with E-state index in [0.29, 0.717) is 0 Å². The molecule has 0 radical (unpaired) electrons. The van der Waals surface area contributed by atoms with Crippen molar-refractivity contribution in [2.24, 2.45) is 0 Å². The van der Waals surface area contributed by atoms with Crippen molar-refractivity contribution in [2.45, 2.75) is 12.8 Å². The number of benzene rings is 4. The average Bonchev–Trinajstić information content (AvgIpc) is 3.68. The minimum absolute atomic E-state index is 0. The van der Waals surface area contributed by atoms with Gasteiger partial charge in [-0.05, 0) is 60.5 Å². The van der Waals surface area contributed by atoms with E-state index in [0.717, 1.165) is 12.8 Å². The molecule has 0 unspecified atom stereocenters. The Balaban J connectivity index is 0.000000168. The summed E-state index contributed by atoms with van der Waals surface area (Å²) in [6.45, 7) is 0. The fraction of sp³-hybridized carbons (Fsp3) is 0.0588. The van der Waals surface area contributed by atoms with Crippen molar-refractivity contribution in [1.82, 2.24) is 0 Å². The molecule has 0 heterocycles. The van der Waals surface area contributed by atoms with Crippen LogP contribution < -0.4 is 21.2 Å². The van der Waals surface area contributed by atoms with E-state index in [9.17, 15) is 0 Å². The van der Waals surface area contributed by atoms with Gasteiger partial charge in [0.2, 0.25) is 0 Å². The van der Waals surface area contributed by atoms with Gasteiger partial charge >= 0.3 is 0 Å². The molecule has 37 heavy (non-hydrogen) atoms. The van der Waals surface area contributed by atoms with E-state index >= 15 is 0 Å². The zero-order chi connectivity index (χ0) is 24.4. The van der Waals surface area contributed by atoms with Crippen molar-refractivity contribution in [1.29, 1.82) is 0 Å². The van der Waals surface area contributed by atoms with E-state index in [2.05, 4.69) is 158 Å². The average molecular weight is 607 g/mol. The molecule has 2 aliphatic carbocycles. The molecule has 0 saturated heterocycles. The van der Waals surface area contributed by atoms with Gasteiger partial charge in [-0.25, -0.2) is 0 Å². The molecule has 0 fully saturated rings. The molecule has 0 atom stereocenters. The van der Waals surface area contributed by atoms with Crippen LogP contribution in [0, 0.1) is 0 Å². The van der Waals surface area contributed by atoms with Crippen molar-refractivity contribution in [2.75, 3.05) is 0 Å². The van der Waals surface area contributed by atoms with Crippen LogP contribution in [0.1, 0.15) is 12.8 Å². The van der Waals surface area contributed by atoms with Crippen molar-refractivity contribution >= 4 is 37.1 Å². The van der Waals surface area contributed by atoms with Crippen molar-refractivity contribution < 1.29 is 20.4 Å². The SMILES string of the molecule is C1=CCC(P(c2ccccc2)c2ccccc2)=C1.C1=CCC(P(c2ccccc2)c2ccccc2)=C1.[Pd]. The van der Waals surface area contributed by atoms with Crippen molar-refractivity contribution in [3.8, 4) is 0 Å². The van der Waals surface area contributed by atoms with Crippen LogP contribution in [0.2, 0.25) is 0 Å². The van der Waals surface area contributed by atoms with Crippen LogP contribution in [0.4, 0.5) is 0 Å². The Morgan fingerprint density at radius 3 is 0.865 bits per heavy atom. The maximum atomic E-state index is 2.28. The van der Waals surface area contributed by atoms with Crippen LogP contribution in [0.15, 0.2) is 168 Å². The van der Waals surface area contributed by atoms with Crippen molar-refractivity contribution in [3.63, 3.8) is 0 Å². The maximum absolute atomic E-state index is 2.28. The Hall–Kier alpha value is -2.64. The van der Waals surface area contributed by atoms with Gasteiger partial charge in [0, 0.05) is 20.4 Å². The standard InChI is InChI=1S/2C17H15P.Pd/c2*1-3-9-15(10-4-1)18(17-13-7-8-14-17)16-11-5-2-6-12-16;/h2*1-13H,14H2;. The minimum atomic E-state index is -0.353. The summed E-state index contributed by atoms with van der Waals surface area (Å²) < 4.78 is 0. The molecule has 0 aliphatic heterocycles. The first-order valence-corrected chi connectivity index (χ1v) is 15.1. The summed E-state index contributed by atoms with van der Waals surface area (Å²) in [4.78, 5) is 0. The zero-order valence-electron chi connectivity index (χ0n) is 20.6. The smallest absolute Gasteiger partial charge is 0 e. The fourth-order valence-corrected chi connectivity index (χ4v) is 9.32. The molecule has 0 nitrogen and oxygen atoms in total. The molecule has 0 aromatic heterocycles. The number of hydrogen-bond donors (Lipinski definition) is 0. The van der Waals surface area contributed by atoms with E-state index in [1.165, 1.54) is 21.2 Å². The third kappa shape index (κ3) is 7.23. The summed E-state index contributed by atoms with van der Waals surface area (Å²) in [6.07, 6.45) is 15.6. The van der Waals surface area contributed by atoms with Gasteiger partial charge in [0.05, 0.1) is 0 Å². The normalized spacial score (nSPS) is 13.6. The Bertz CT molecular complexity index is 1170. The zero-order valence-corrected chi connectivity index (χ0v) is 24.0. The molecule has 186 valence electrons. The van der Waals surface area contributed by atoms with E-state index in [4.69, 9.17) is 0 Å². The summed E-state index contributed by atoms with van der Waals surface area (Å²) in [7, 11) is -0.707. The summed E-state index contributed by atoms with van der Waals surface area (Å²) in [5.74, 6) is 0. The summed E-state index contributed by atoms with van der Waals surface area (Å²) in [5.41, 5.74) is 0. The Morgan fingerprint density at radius 2 is 0.649 bits per heavy atom. The summed E-state index contributed by atoms with van der Waals surface area (Å²) in [6, 6.07) is 43.4. The molecule has 4 aromatic rings. The molecule has 3 heteroatoms. The van der Waals surface area contributed by atoms with E-state index in [1.54, 1.807) is 10.6 Å². The predicted octanol–water partition coefficient (Wildman–Crippen LogP) is 7.92. The number of hydrogen-bond acceptors (Lipinski definition) is 0. The second-order valence-corrected chi connectivity index (χ2v) is 13.1. The molecule has 0 spiro atoms. The second-order valence-electron chi connectivity index (χ2n) is 8.59. The first-order valence-electron chi connectivity index (χ1n) is 12.4. The third-order valence-corrected chi connectivity index (χ3v) is 11.2. The molecular weight excluding hydrogens is 577 g/mol. The first-order chi connectivity index (χ1) is 17.9. The van der Waals surface area contributed by atoms with Crippen LogP contribution in [-0.4, -0.2) is 0 Å². The topological polar surface area (TPSA) is 0 Å². The Morgan fingerprint density at radius 1 is 0.378 bits per heavy atom. The molecule has 2 aliphatic rings. The Labute approximate surface area is 237 Å². The predicted molar refractivity (Wildman–Crippen MR) is 162 cm³/mol. The van der Waals surface area contributed by atoms with E-state index in [1.807, 2.05) is 0 Å². The molecule has 0 amide bonds. The van der Waals surface area contributed by atoms with Gasteiger partial charge in [-0.15, -0.1) is 0 Å². The molecule has 0 saturated carbocycles. The molecule has 0 bridgehead atoms. The van der Waals surface area contributed by atoms with Gasteiger partial charge in [-0.1, -0.05) is 158 Å². The largest absolute Gasteiger partial charge is 0.0801 e. The monoisotopic (exact) mass is 606 g/mol. The van der Waals surface area contributed by atoms with E-state index in [-0.39, 0.29) is 36.3 Å². The molecule has 0 N–H and O–H groups in total. The minimum Gasteiger partial charge on any atom is -0.0801 e. The molecule has 4 aromatic carbocycles. The number of rotatable bonds is 6. The second kappa shape index (κ2) is 14.3.